The molecule has 0 amide bonds. The molecule has 0 aliphatic carbocycles. The largest absolute Gasteiger partial charge is 0.390 e. The van der Waals surface area contributed by atoms with Crippen LogP contribution >= 0.6 is 63.7 Å². The Morgan fingerprint density at radius 2 is 1.15 bits per heavy atom. The molecule has 4 rings (SSSR count). The molecule has 5 atom stereocenters. The number of aliphatic hydroxyl groups is 4. The lowest BCUT2D eigenvalue weighted by atomic mass is 9.53. The van der Waals surface area contributed by atoms with Crippen LogP contribution in [0, 0.1) is 5.41 Å². The summed E-state index contributed by atoms with van der Waals surface area (Å²) in [7, 11) is 0. The van der Waals surface area contributed by atoms with E-state index in [1.165, 1.54) is 0 Å². The van der Waals surface area contributed by atoms with Crippen LogP contribution in [0.3, 0.4) is 0 Å². The van der Waals surface area contributed by atoms with Gasteiger partial charge in [-0.2, -0.15) is 0 Å². The molecule has 4 aromatic rings. The maximum absolute atomic E-state index is 12.7. The molecule has 0 spiro atoms. The highest BCUT2D eigenvalue weighted by Gasteiger charge is 2.56. The van der Waals surface area contributed by atoms with Crippen LogP contribution in [-0.4, -0.2) is 36.0 Å². The monoisotopic (exact) mass is 894 g/mol. The van der Waals surface area contributed by atoms with E-state index >= 15 is 0 Å². The summed E-state index contributed by atoms with van der Waals surface area (Å²) in [5, 5.41) is 49.9. The van der Waals surface area contributed by atoms with Gasteiger partial charge in [0.1, 0.15) is 11.2 Å². The van der Waals surface area contributed by atoms with Crippen LogP contribution in [0.2, 0.25) is 0 Å². The molecule has 2 aromatic heterocycles. The Morgan fingerprint density at radius 1 is 0.617 bits per heavy atom. The molecule has 0 bridgehead atoms. The molecule has 0 saturated carbocycles. The van der Waals surface area contributed by atoms with Crippen LogP contribution in [0.1, 0.15) is 88.7 Å². The van der Waals surface area contributed by atoms with Gasteiger partial charge in [0.25, 0.3) is 0 Å². The van der Waals surface area contributed by atoms with Crippen molar-refractivity contribution < 1.29 is 20.4 Å². The van der Waals surface area contributed by atoms with Crippen LogP contribution in [0.5, 0.6) is 0 Å². The molecule has 0 radical (unpaired) electrons. The van der Waals surface area contributed by atoms with Crippen molar-refractivity contribution in [2.75, 3.05) is 0 Å². The number of hydrogen-bond donors (Lipinski definition) is 4. The highest BCUT2D eigenvalue weighted by Crippen LogP contribution is 2.59. The number of rotatable bonds is 13. The van der Waals surface area contributed by atoms with Crippen molar-refractivity contribution in [3.8, 4) is 0 Å². The van der Waals surface area contributed by atoms with E-state index in [2.05, 4.69) is 73.7 Å². The second kappa shape index (κ2) is 14.8. The highest BCUT2D eigenvalue weighted by molar-refractivity contribution is 9.11. The highest BCUT2D eigenvalue weighted by atomic mass is 79.9. The number of nitrogens with zero attached hydrogens (tertiary/aromatic N) is 2. The Bertz CT molecular complexity index is 1640. The van der Waals surface area contributed by atoms with E-state index in [0.29, 0.717) is 23.4 Å². The number of pyridine rings is 2. The second-order valence-electron chi connectivity index (χ2n) is 13.7. The van der Waals surface area contributed by atoms with Crippen LogP contribution < -0.4 is 0 Å². The molecule has 0 saturated heterocycles. The first-order chi connectivity index (χ1) is 21.8. The average molecular weight is 898 g/mol. The first-order valence-electron chi connectivity index (χ1n) is 15.5. The summed E-state index contributed by atoms with van der Waals surface area (Å²) in [6, 6.07) is 22.5. The van der Waals surface area contributed by atoms with Crippen molar-refractivity contribution in [1.29, 1.82) is 0 Å². The second-order valence-corrected chi connectivity index (χ2v) is 17.4. The molecule has 2 aromatic carbocycles. The molecule has 10 heteroatoms. The third-order valence-electron chi connectivity index (χ3n) is 9.07. The summed E-state index contributed by atoms with van der Waals surface area (Å²) in [6.45, 7) is 8.85. The Hall–Kier alpha value is -1.50. The molecule has 0 aliphatic rings. The Balaban J connectivity index is 2.08. The van der Waals surface area contributed by atoms with E-state index in [1.807, 2.05) is 67.6 Å². The van der Waals surface area contributed by atoms with Gasteiger partial charge in [0, 0.05) is 36.2 Å². The molecule has 252 valence electrons. The minimum absolute atomic E-state index is 0.0301. The van der Waals surface area contributed by atoms with E-state index < -0.39 is 33.7 Å². The fraction of sp³-hybridized carbons (Fsp3) is 0.405. The molecule has 6 nitrogen and oxygen atoms in total. The molecule has 2 heterocycles. The third-order valence-corrected chi connectivity index (χ3v) is 11.0. The molecule has 5 unspecified atom stereocenters. The zero-order valence-electron chi connectivity index (χ0n) is 27.2. The number of halogens is 4. The van der Waals surface area contributed by atoms with E-state index in [1.54, 1.807) is 52.2 Å². The standard InChI is InChI=1S/C37H42Br4N2O4/c1-6-37(47,31-17-15-29(41)20-43-31)23-36(21-34(4,45)25-8-7-9-27(39)18-25,22-35(5,46)30-16-14-28(40)19-42-30)32(33(2,3)44)24-10-12-26(38)13-11-24/h7-20,32,44-47H,6,21-23H2,1-5H3. The van der Waals surface area contributed by atoms with Crippen molar-refractivity contribution in [1.82, 2.24) is 9.97 Å². The van der Waals surface area contributed by atoms with E-state index in [9.17, 15) is 20.4 Å². The SMILES string of the molecule is CCC(O)(CC(CC(C)(O)c1cccc(Br)c1)(CC(C)(O)c1ccc(Br)cn1)C(c1ccc(Br)cc1)C(C)(C)O)c1ccc(Br)cn1. The van der Waals surface area contributed by atoms with Gasteiger partial charge < -0.3 is 20.4 Å². The van der Waals surface area contributed by atoms with Gasteiger partial charge in [0.15, 0.2) is 0 Å². The molecular weight excluding hydrogens is 856 g/mol. The minimum atomic E-state index is -1.55. The van der Waals surface area contributed by atoms with Crippen LogP contribution in [0.15, 0.2) is 103 Å². The summed E-state index contributed by atoms with van der Waals surface area (Å²) < 4.78 is 3.23. The minimum Gasteiger partial charge on any atom is -0.390 e. The predicted molar refractivity (Wildman–Crippen MR) is 201 cm³/mol. The fourth-order valence-electron chi connectivity index (χ4n) is 7.37. The summed E-state index contributed by atoms with van der Waals surface area (Å²) in [5.74, 6) is -0.697. The van der Waals surface area contributed by atoms with Crippen molar-refractivity contribution in [3.63, 3.8) is 0 Å². The van der Waals surface area contributed by atoms with Gasteiger partial charge >= 0.3 is 0 Å². The quantitative estimate of drug-likeness (QED) is 0.107. The summed E-state index contributed by atoms with van der Waals surface area (Å²) in [5.41, 5.74) is -4.74. The van der Waals surface area contributed by atoms with Crippen LogP contribution in [0.4, 0.5) is 0 Å². The molecule has 4 N–H and O–H groups in total. The van der Waals surface area contributed by atoms with Gasteiger partial charge in [0.2, 0.25) is 0 Å². The van der Waals surface area contributed by atoms with E-state index in [-0.39, 0.29) is 19.3 Å². The van der Waals surface area contributed by atoms with Gasteiger partial charge in [-0.05, 0) is 150 Å². The smallest absolute Gasteiger partial charge is 0.107 e. The summed E-state index contributed by atoms with van der Waals surface area (Å²) in [6.07, 6.45) is 3.72. The number of hydrogen-bond acceptors (Lipinski definition) is 6. The van der Waals surface area contributed by atoms with E-state index in [0.717, 1.165) is 23.5 Å². The number of benzene rings is 2. The van der Waals surface area contributed by atoms with Gasteiger partial charge in [-0.1, -0.05) is 63.0 Å². The van der Waals surface area contributed by atoms with Crippen molar-refractivity contribution in [2.24, 2.45) is 5.41 Å². The zero-order valence-corrected chi connectivity index (χ0v) is 33.5. The zero-order chi connectivity index (χ0) is 34.8. The maximum atomic E-state index is 12.7. The lowest BCUT2D eigenvalue weighted by molar-refractivity contribution is -0.133. The van der Waals surface area contributed by atoms with Crippen molar-refractivity contribution >= 4 is 63.7 Å². The van der Waals surface area contributed by atoms with Gasteiger partial charge in [-0.3, -0.25) is 9.97 Å². The Kier molecular flexibility index (Phi) is 12.0. The first kappa shape index (κ1) is 38.3. The number of aromatic nitrogens is 2. The normalized spacial score (nSPS) is 18.0. The fourth-order valence-corrected chi connectivity index (χ4v) is 8.50. The molecular formula is C37H42Br4N2O4. The Morgan fingerprint density at radius 3 is 1.64 bits per heavy atom. The van der Waals surface area contributed by atoms with Gasteiger partial charge in [0.05, 0.1) is 22.6 Å². The predicted octanol–water partition coefficient (Wildman–Crippen LogP) is 9.65. The topological polar surface area (TPSA) is 107 Å². The lowest BCUT2D eigenvalue weighted by Crippen LogP contribution is -2.52. The maximum Gasteiger partial charge on any atom is 0.107 e. The summed E-state index contributed by atoms with van der Waals surface area (Å²) >= 11 is 14.0. The summed E-state index contributed by atoms with van der Waals surface area (Å²) in [4.78, 5) is 9.20. The average Bonchev–Trinajstić information content (AvgIpc) is 2.97. The first-order valence-corrected chi connectivity index (χ1v) is 18.6. The van der Waals surface area contributed by atoms with Crippen LogP contribution in [0.25, 0.3) is 0 Å². The molecule has 0 fully saturated rings. The van der Waals surface area contributed by atoms with Gasteiger partial charge in [-0.25, -0.2) is 0 Å². The third kappa shape index (κ3) is 9.19. The molecule has 0 aliphatic heterocycles. The molecule has 47 heavy (non-hydrogen) atoms. The van der Waals surface area contributed by atoms with Crippen molar-refractivity contribution in [3.05, 3.63) is 126 Å². The van der Waals surface area contributed by atoms with Crippen LogP contribution in [-0.2, 0) is 16.8 Å². The Labute approximate surface area is 311 Å². The van der Waals surface area contributed by atoms with Gasteiger partial charge in [-0.15, -0.1) is 0 Å². The lowest BCUT2D eigenvalue weighted by Gasteiger charge is -2.54. The van der Waals surface area contributed by atoms with Crippen molar-refractivity contribution in [2.45, 2.75) is 88.6 Å². The van der Waals surface area contributed by atoms with E-state index in [4.69, 9.17) is 0 Å².